The van der Waals surface area contributed by atoms with E-state index in [1.165, 1.54) is 60.6 Å². The lowest BCUT2D eigenvalue weighted by Crippen LogP contribution is -2.23. The van der Waals surface area contributed by atoms with Gasteiger partial charge in [0, 0.05) is 23.3 Å². The molecule has 0 amide bonds. The molecule has 0 bridgehead atoms. The third-order valence-corrected chi connectivity index (χ3v) is 5.21. The average Bonchev–Trinajstić information content (AvgIpc) is 3.00. The van der Waals surface area contributed by atoms with Crippen molar-refractivity contribution in [2.45, 2.75) is 63.8 Å². The molecule has 94 valence electrons. The molecule has 0 radical (unpaired) electrons. The highest BCUT2D eigenvalue weighted by atomic mass is 32.1. The van der Waals surface area contributed by atoms with E-state index >= 15 is 0 Å². The molecule has 2 heterocycles. The molecule has 1 saturated carbocycles. The molecule has 2 aliphatic rings. The van der Waals surface area contributed by atoms with Crippen LogP contribution in [0.1, 0.15) is 60.0 Å². The maximum atomic E-state index is 4.93. The minimum absolute atomic E-state index is 0.692. The first-order chi connectivity index (χ1) is 8.33. The highest BCUT2D eigenvalue weighted by molar-refractivity contribution is 7.11. The van der Waals surface area contributed by atoms with E-state index in [0.717, 1.165) is 12.3 Å². The van der Waals surface area contributed by atoms with Gasteiger partial charge in [-0.05, 0) is 39.2 Å². The summed E-state index contributed by atoms with van der Waals surface area (Å²) in [7, 11) is 0. The summed E-state index contributed by atoms with van der Waals surface area (Å²) in [5.41, 5.74) is 1.43. The summed E-state index contributed by atoms with van der Waals surface area (Å²) in [6.45, 7) is 3.46. The third-order valence-electron chi connectivity index (χ3n) is 4.20. The average molecular weight is 250 g/mol. The van der Waals surface area contributed by atoms with Crippen molar-refractivity contribution in [1.29, 1.82) is 0 Å². The van der Waals surface area contributed by atoms with Crippen molar-refractivity contribution in [2.75, 3.05) is 6.54 Å². The molecule has 1 atom stereocenters. The monoisotopic (exact) mass is 250 g/mol. The van der Waals surface area contributed by atoms with Crippen molar-refractivity contribution in [3.05, 3.63) is 15.6 Å². The lowest BCUT2D eigenvalue weighted by molar-refractivity contribution is 0.597. The van der Waals surface area contributed by atoms with Gasteiger partial charge in [-0.25, -0.2) is 4.98 Å². The largest absolute Gasteiger partial charge is 0.314 e. The number of nitrogens with one attached hydrogen (secondary N) is 1. The maximum absolute atomic E-state index is 4.93. The summed E-state index contributed by atoms with van der Waals surface area (Å²) >= 11 is 1.94. The number of thiazole rings is 1. The number of aryl methyl sites for hydroxylation is 1. The van der Waals surface area contributed by atoms with Crippen LogP contribution in [0.2, 0.25) is 0 Å². The zero-order chi connectivity index (χ0) is 11.7. The molecule has 2 nitrogen and oxygen atoms in total. The summed E-state index contributed by atoms with van der Waals surface area (Å²) in [4.78, 5) is 6.41. The van der Waals surface area contributed by atoms with Gasteiger partial charge in [0.2, 0.25) is 0 Å². The van der Waals surface area contributed by atoms with Crippen LogP contribution in [0.25, 0.3) is 0 Å². The highest BCUT2D eigenvalue weighted by Gasteiger charge is 2.23. The van der Waals surface area contributed by atoms with E-state index in [4.69, 9.17) is 4.98 Å². The fourth-order valence-electron chi connectivity index (χ4n) is 3.27. The molecule has 3 rings (SSSR count). The van der Waals surface area contributed by atoms with Gasteiger partial charge in [-0.15, -0.1) is 11.3 Å². The Labute approximate surface area is 108 Å². The first kappa shape index (κ1) is 11.7. The predicted octanol–water partition coefficient (Wildman–Crippen LogP) is 3.40. The van der Waals surface area contributed by atoms with Crippen LogP contribution < -0.4 is 5.32 Å². The Balaban J connectivity index is 1.70. The quantitative estimate of drug-likeness (QED) is 0.889. The summed E-state index contributed by atoms with van der Waals surface area (Å²) in [6, 6.07) is 0.692. The second-order valence-corrected chi connectivity index (χ2v) is 6.82. The van der Waals surface area contributed by atoms with E-state index < -0.39 is 0 Å². The number of nitrogens with zero attached hydrogens (tertiary/aromatic N) is 1. The van der Waals surface area contributed by atoms with Gasteiger partial charge in [-0.1, -0.05) is 12.8 Å². The van der Waals surface area contributed by atoms with Crippen LogP contribution in [-0.2, 0) is 6.42 Å². The van der Waals surface area contributed by atoms with Crippen LogP contribution in [0.5, 0.6) is 0 Å². The molecule has 1 aromatic rings. The second-order valence-electron chi connectivity index (χ2n) is 5.53. The zero-order valence-corrected chi connectivity index (χ0v) is 11.5. The molecule has 17 heavy (non-hydrogen) atoms. The van der Waals surface area contributed by atoms with Crippen molar-refractivity contribution in [3.8, 4) is 0 Å². The van der Waals surface area contributed by atoms with Crippen molar-refractivity contribution >= 4 is 11.3 Å². The van der Waals surface area contributed by atoms with E-state index in [1.54, 1.807) is 0 Å². The molecule has 1 unspecified atom stereocenters. The van der Waals surface area contributed by atoms with Crippen molar-refractivity contribution in [2.24, 2.45) is 0 Å². The Morgan fingerprint density at radius 1 is 1.24 bits per heavy atom. The van der Waals surface area contributed by atoms with Gasteiger partial charge in [0.15, 0.2) is 0 Å². The van der Waals surface area contributed by atoms with Crippen molar-refractivity contribution in [1.82, 2.24) is 10.3 Å². The Bertz CT molecular complexity index is 374. The summed E-state index contributed by atoms with van der Waals surface area (Å²) < 4.78 is 0. The van der Waals surface area contributed by atoms with Crippen LogP contribution in [0.15, 0.2) is 0 Å². The van der Waals surface area contributed by atoms with Crippen molar-refractivity contribution in [3.63, 3.8) is 0 Å². The number of aromatic nitrogens is 1. The molecule has 1 aromatic heterocycles. The Morgan fingerprint density at radius 3 is 2.76 bits per heavy atom. The highest BCUT2D eigenvalue weighted by Crippen LogP contribution is 2.37. The maximum Gasteiger partial charge on any atom is 0.0946 e. The molecule has 1 saturated heterocycles. The minimum atomic E-state index is 0.692. The zero-order valence-electron chi connectivity index (χ0n) is 10.7. The van der Waals surface area contributed by atoms with E-state index in [9.17, 15) is 0 Å². The van der Waals surface area contributed by atoms with E-state index in [-0.39, 0.29) is 0 Å². The smallest absolute Gasteiger partial charge is 0.0946 e. The first-order valence-electron chi connectivity index (χ1n) is 7.02. The number of hydrogen-bond acceptors (Lipinski definition) is 3. The van der Waals surface area contributed by atoms with Crippen LogP contribution in [0.3, 0.4) is 0 Å². The fourth-order valence-corrected chi connectivity index (χ4v) is 4.37. The Kier molecular flexibility index (Phi) is 3.48. The molecule has 0 aromatic carbocycles. The van der Waals surface area contributed by atoms with E-state index in [0.29, 0.717) is 6.04 Å². The van der Waals surface area contributed by atoms with Crippen LogP contribution in [0.4, 0.5) is 0 Å². The van der Waals surface area contributed by atoms with Crippen molar-refractivity contribution < 1.29 is 0 Å². The molecule has 3 heteroatoms. The predicted molar refractivity (Wildman–Crippen MR) is 72.8 cm³/mol. The van der Waals surface area contributed by atoms with Gasteiger partial charge in [-0.2, -0.15) is 0 Å². The molecule has 1 aliphatic heterocycles. The van der Waals surface area contributed by atoms with Gasteiger partial charge >= 0.3 is 0 Å². The summed E-state index contributed by atoms with van der Waals surface area (Å²) in [5, 5.41) is 4.93. The molecule has 1 N–H and O–H groups in total. The van der Waals surface area contributed by atoms with Gasteiger partial charge in [0.1, 0.15) is 0 Å². The summed E-state index contributed by atoms with van der Waals surface area (Å²) in [6.07, 6.45) is 9.36. The minimum Gasteiger partial charge on any atom is -0.314 e. The molecule has 0 spiro atoms. The van der Waals surface area contributed by atoms with Crippen LogP contribution in [-0.4, -0.2) is 17.6 Å². The standard InChI is InChI=1S/C14H22N2S/c1-10-14(11-5-2-3-6-11)16-13(17-10)9-12-7-4-8-15-12/h11-12,15H,2-9H2,1H3. The molecule has 1 aliphatic carbocycles. The Hall–Kier alpha value is -0.410. The number of rotatable bonds is 3. The Morgan fingerprint density at radius 2 is 2.06 bits per heavy atom. The summed E-state index contributed by atoms with van der Waals surface area (Å²) in [5.74, 6) is 0.775. The van der Waals surface area contributed by atoms with Gasteiger partial charge in [0.05, 0.1) is 10.7 Å². The number of hydrogen-bond donors (Lipinski definition) is 1. The first-order valence-corrected chi connectivity index (χ1v) is 7.84. The van der Waals surface area contributed by atoms with Crippen LogP contribution >= 0.6 is 11.3 Å². The molecular formula is C14H22N2S. The lowest BCUT2D eigenvalue weighted by atomic mass is 10.0. The van der Waals surface area contributed by atoms with E-state index in [1.807, 2.05) is 11.3 Å². The van der Waals surface area contributed by atoms with Gasteiger partial charge in [-0.3, -0.25) is 0 Å². The molecular weight excluding hydrogens is 228 g/mol. The van der Waals surface area contributed by atoms with Gasteiger partial charge in [0.25, 0.3) is 0 Å². The van der Waals surface area contributed by atoms with Crippen LogP contribution in [0, 0.1) is 6.92 Å². The SMILES string of the molecule is Cc1sc(CC2CCCN2)nc1C1CCCC1. The third kappa shape index (κ3) is 2.55. The second kappa shape index (κ2) is 5.07. The van der Waals surface area contributed by atoms with E-state index in [2.05, 4.69) is 12.2 Å². The topological polar surface area (TPSA) is 24.9 Å². The molecule has 2 fully saturated rings. The fraction of sp³-hybridized carbons (Fsp3) is 0.786. The lowest BCUT2D eigenvalue weighted by Gasteiger charge is -2.07. The van der Waals surface area contributed by atoms with Gasteiger partial charge < -0.3 is 5.32 Å². The normalized spacial score (nSPS) is 25.8.